The number of nitriles is 3. The van der Waals surface area contributed by atoms with Crippen molar-refractivity contribution in [2.24, 2.45) is 0 Å². The first-order valence-electron chi connectivity index (χ1n) is 5.28. The van der Waals surface area contributed by atoms with Gasteiger partial charge in [0.2, 0.25) is 0 Å². The number of imidazole rings is 1. The molecule has 0 amide bonds. The van der Waals surface area contributed by atoms with Crippen LogP contribution >= 0.6 is 0 Å². The van der Waals surface area contributed by atoms with Crippen molar-refractivity contribution < 1.29 is 13.2 Å². The van der Waals surface area contributed by atoms with Crippen LogP contribution in [0.15, 0.2) is 18.5 Å². The fourth-order valence-electron chi connectivity index (χ4n) is 1.57. The van der Waals surface area contributed by atoms with Crippen molar-refractivity contribution in [3.63, 3.8) is 0 Å². The SMILES string of the molecule is N#Cc1ccc(C(F)(F)F)nc1-n1cnc(C#N)c1C#N. The van der Waals surface area contributed by atoms with Gasteiger partial charge in [-0.1, -0.05) is 0 Å². The summed E-state index contributed by atoms with van der Waals surface area (Å²) in [4.78, 5) is 6.95. The Morgan fingerprint density at radius 3 is 2.29 bits per heavy atom. The number of nitrogens with zero attached hydrogens (tertiary/aromatic N) is 6. The minimum Gasteiger partial charge on any atom is -0.272 e. The van der Waals surface area contributed by atoms with Gasteiger partial charge in [0.1, 0.15) is 30.2 Å². The van der Waals surface area contributed by atoms with E-state index in [1.54, 1.807) is 18.2 Å². The van der Waals surface area contributed by atoms with Gasteiger partial charge in [-0.25, -0.2) is 9.97 Å². The summed E-state index contributed by atoms with van der Waals surface area (Å²) in [5, 5.41) is 26.7. The number of alkyl halides is 3. The second-order valence-corrected chi connectivity index (χ2v) is 3.71. The lowest BCUT2D eigenvalue weighted by Gasteiger charge is -2.10. The Morgan fingerprint density at radius 1 is 1.05 bits per heavy atom. The number of rotatable bonds is 1. The fourth-order valence-corrected chi connectivity index (χ4v) is 1.57. The van der Waals surface area contributed by atoms with E-state index in [-0.39, 0.29) is 17.0 Å². The molecule has 0 aliphatic heterocycles. The van der Waals surface area contributed by atoms with E-state index in [2.05, 4.69) is 9.97 Å². The molecule has 6 nitrogen and oxygen atoms in total. The normalized spacial score (nSPS) is 10.5. The molecule has 2 aromatic rings. The Balaban J connectivity index is 2.75. The van der Waals surface area contributed by atoms with Gasteiger partial charge in [0.25, 0.3) is 0 Å². The summed E-state index contributed by atoms with van der Waals surface area (Å²) in [5.74, 6) is -0.405. The van der Waals surface area contributed by atoms with E-state index in [0.717, 1.165) is 17.0 Å². The Kier molecular flexibility index (Phi) is 3.31. The van der Waals surface area contributed by atoms with E-state index in [1.165, 1.54) is 0 Å². The van der Waals surface area contributed by atoms with E-state index < -0.39 is 17.7 Å². The van der Waals surface area contributed by atoms with Gasteiger partial charge < -0.3 is 0 Å². The van der Waals surface area contributed by atoms with Crippen LogP contribution in [0.3, 0.4) is 0 Å². The lowest BCUT2D eigenvalue weighted by atomic mass is 10.2. The van der Waals surface area contributed by atoms with Gasteiger partial charge in [0.05, 0.1) is 5.56 Å². The zero-order valence-electron chi connectivity index (χ0n) is 10.0. The molecule has 9 heteroatoms. The molecular weight excluding hydrogens is 285 g/mol. The van der Waals surface area contributed by atoms with Crippen molar-refractivity contribution in [1.82, 2.24) is 14.5 Å². The Bertz CT molecular complexity index is 829. The maximum Gasteiger partial charge on any atom is 0.433 e. The average Bonchev–Trinajstić information content (AvgIpc) is 2.88. The third-order valence-corrected chi connectivity index (χ3v) is 2.49. The molecule has 0 N–H and O–H groups in total. The molecule has 0 saturated heterocycles. The highest BCUT2D eigenvalue weighted by atomic mass is 19.4. The molecule has 0 aliphatic rings. The van der Waals surface area contributed by atoms with Crippen molar-refractivity contribution in [1.29, 1.82) is 15.8 Å². The summed E-state index contributed by atoms with van der Waals surface area (Å²) in [6, 6.07) is 6.57. The topological polar surface area (TPSA) is 102 Å². The van der Waals surface area contributed by atoms with E-state index in [9.17, 15) is 13.2 Å². The highest BCUT2D eigenvalue weighted by Crippen LogP contribution is 2.29. The molecule has 21 heavy (non-hydrogen) atoms. The van der Waals surface area contributed by atoms with Gasteiger partial charge in [-0.15, -0.1) is 0 Å². The largest absolute Gasteiger partial charge is 0.433 e. The Hall–Kier alpha value is -3.38. The van der Waals surface area contributed by atoms with E-state index >= 15 is 0 Å². The van der Waals surface area contributed by atoms with Gasteiger partial charge in [-0.05, 0) is 12.1 Å². The minimum absolute atomic E-state index is 0.179. The van der Waals surface area contributed by atoms with Gasteiger partial charge in [-0.3, -0.25) is 4.57 Å². The number of halogens is 3. The van der Waals surface area contributed by atoms with Crippen LogP contribution in [-0.2, 0) is 6.18 Å². The smallest absolute Gasteiger partial charge is 0.272 e. The molecule has 0 saturated carbocycles. The van der Waals surface area contributed by atoms with E-state index in [0.29, 0.717) is 6.07 Å². The zero-order chi connectivity index (χ0) is 15.6. The summed E-state index contributed by atoms with van der Waals surface area (Å²) >= 11 is 0. The zero-order valence-corrected chi connectivity index (χ0v) is 10.0. The number of hydrogen-bond donors (Lipinski definition) is 0. The van der Waals surface area contributed by atoms with Gasteiger partial charge in [0.15, 0.2) is 17.2 Å². The summed E-state index contributed by atoms with van der Waals surface area (Å²) < 4.78 is 38.9. The second kappa shape index (κ2) is 4.95. The van der Waals surface area contributed by atoms with E-state index in [4.69, 9.17) is 15.8 Å². The lowest BCUT2D eigenvalue weighted by Crippen LogP contribution is -2.12. The van der Waals surface area contributed by atoms with Crippen LogP contribution in [0.2, 0.25) is 0 Å². The third-order valence-electron chi connectivity index (χ3n) is 2.49. The number of pyridine rings is 1. The molecule has 0 aromatic carbocycles. The molecule has 0 radical (unpaired) electrons. The maximum atomic E-state index is 12.7. The van der Waals surface area contributed by atoms with Crippen LogP contribution < -0.4 is 0 Å². The van der Waals surface area contributed by atoms with Crippen molar-refractivity contribution in [2.45, 2.75) is 6.18 Å². The second-order valence-electron chi connectivity index (χ2n) is 3.71. The number of hydrogen-bond acceptors (Lipinski definition) is 5. The first kappa shape index (κ1) is 14.0. The molecule has 2 heterocycles. The van der Waals surface area contributed by atoms with Crippen LogP contribution in [0.25, 0.3) is 5.82 Å². The van der Waals surface area contributed by atoms with Crippen molar-refractivity contribution in [2.75, 3.05) is 0 Å². The van der Waals surface area contributed by atoms with Crippen LogP contribution in [0.1, 0.15) is 22.6 Å². The summed E-state index contributed by atoms with van der Waals surface area (Å²) in [7, 11) is 0. The number of aromatic nitrogens is 3. The molecule has 0 unspecified atom stereocenters. The quantitative estimate of drug-likeness (QED) is 0.797. The van der Waals surface area contributed by atoms with E-state index in [1.807, 2.05) is 0 Å². The molecule has 0 bridgehead atoms. The highest BCUT2D eigenvalue weighted by Gasteiger charge is 2.33. The Labute approximate surface area is 115 Å². The summed E-state index contributed by atoms with van der Waals surface area (Å²) in [6.45, 7) is 0. The molecular formula is C12H3F3N6. The van der Waals surface area contributed by atoms with Crippen LogP contribution in [0, 0.1) is 34.0 Å². The first-order chi connectivity index (χ1) is 9.92. The highest BCUT2D eigenvalue weighted by molar-refractivity contribution is 5.49. The predicted molar refractivity (Wildman–Crippen MR) is 60.5 cm³/mol. The minimum atomic E-state index is -4.70. The maximum absolute atomic E-state index is 12.7. The summed E-state index contributed by atoms with van der Waals surface area (Å²) in [5.41, 5.74) is -1.95. The molecule has 0 fully saturated rings. The monoisotopic (exact) mass is 288 g/mol. The van der Waals surface area contributed by atoms with Gasteiger partial charge in [0, 0.05) is 0 Å². The van der Waals surface area contributed by atoms with Crippen molar-refractivity contribution in [3.8, 4) is 24.0 Å². The third kappa shape index (κ3) is 2.38. The van der Waals surface area contributed by atoms with Crippen LogP contribution in [-0.4, -0.2) is 14.5 Å². The van der Waals surface area contributed by atoms with Crippen molar-refractivity contribution in [3.05, 3.63) is 41.1 Å². The fraction of sp³-hybridized carbons (Fsp3) is 0.0833. The van der Waals surface area contributed by atoms with Gasteiger partial charge >= 0.3 is 6.18 Å². The standard InChI is InChI=1S/C12H3F3N6/c13-12(14,15)10-2-1-7(3-16)11(20-10)21-6-19-8(4-17)9(21)5-18/h1-2,6H. The molecule has 0 atom stereocenters. The van der Waals surface area contributed by atoms with Gasteiger partial charge in [-0.2, -0.15) is 29.0 Å². The van der Waals surface area contributed by atoms with Crippen LogP contribution in [0.5, 0.6) is 0 Å². The molecule has 2 rings (SSSR count). The molecule has 2 aromatic heterocycles. The lowest BCUT2D eigenvalue weighted by molar-refractivity contribution is -0.141. The van der Waals surface area contributed by atoms with Crippen LogP contribution in [0.4, 0.5) is 13.2 Å². The molecule has 102 valence electrons. The summed E-state index contributed by atoms with van der Waals surface area (Å²) in [6.07, 6.45) is -3.73. The Morgan fingerprint density at radius 2 is 1.76 bits per heavy atom. The first-order valence-corrected chi connectivity index (χ1v) is 5.28. The van der Waals surface area contributed by atoms with Crippen molar-refractivity contribution >= 4 is 0 Å². The molecule has 0 aliphatic carbocycles. The predicted octanol–water partition coefficient (Wildman–Crippen LogP) is 1.90. The molecule has 0 spiro atoms. The average molecular weight is 288 g/mol.